The molecule has 0 aliphatic carbocycles. The van der Waals surface area contributed by atoms with Crippen LogP contribution in [0.2, 0.25) is 0 Å². The Morgan fingerprint density at radius 2 is 1.79 bits per heavy atom. The average Bonchev–Trinajstić information content (AvgIpc) is 2.96. The zero-order valence-corrected chi connectivity index (χ0v) is 11.3. The Morgan fingerprint density at radius 1 is 1.00 bits per heavy atom. The van der Waals surface area contributed by atoms with Gasteiger partial charge in [-0.25, -0.2) is 0 Å². The van der Waals surface area contributed by atoms with Gasteiger partial charge in [0.25, 0.3) is 5.56 Å². The summed E-state index contributed by atoms with van der Waals surface area (Å²) in [6.45, 7) is 2.03. The second-order valence-electron chi connectivity index (χ2n) is 4.39. The lowest BCUT2D eigenvalue weighted by molar-refractivity contribution is 1.21. The normalized spacial score (nSPS) is 10.6. The van der Waals surface area contributed by atoms with Crippen molar-refractivity contribution >= 4 is 11.3 Å². The van der Waals surface area contributed by atoms with E-state index in [1.165, 1.54) is 0 Å². The van der Waals surface area contributed by atoms with Gasteiger partial charge in [0, 0.05) is 16.6 Å². The molecule has 3 heteroatoms. The molecule has 94 valence electrons. The molecule has 0 amide bonds. The summed E-state index contributed by atoms with van der Waals surface area (Å²) >= 11 is 1.65. The van der Waals surface area contributed by atoms with Gasteiger partial charge in [-0.2, -0.15) is 0 Å². The number of H-pyrrole nitrogens is 1. The predicted molar refractivity (Wildman–Crippen MR) is 80.5 cm³/mol. The van der Waals surface area contributed by atoms with Crippen LogP contribution in [0, 0.1) is 6.92 Å². The van der Waals surface area contributed by atoms with Crippen molar-refractivity contribution in [2.24, 2.45) is 0 Å². The van der Waals surface area contributed by atoms with Crippen LogP contribution in [0.1, 0.15) is 5.56 Å². The van der Waals surface area contributed by atoms with Crippen LogP contribution >= 0.6 is 11.3 Å². The molecule has 3 aromatic rings. The van der Waals surface area contributed by atoms with Crippen LogP contribution in [0.15, 0.2) is 58.8 Å². The van der Waals surface area contributed by atoms with Crippen molar-refractivity contribution in [3.05, 3.63) is 70.0 Å². The van der Waals surface area contributed by atoms with E-state index in [4.69, 9.17) is 0 Å². The quantitative estimate of drug-likeness (QED) is 0.745. The minimum absolute atomic E-state index is 0.0415. The highest BCUT2D eigenvalue weighted by Gasteiger charge is 2.14. The van der Waals surface area contributed by atoms with E-state index in [9.17, 15) is 4.79 Å². The molecule has 0 saturated carbocycles. The Morgan fingerprint density at radius 3 is 2.47 bits per heavy atom. The van der Waals surface area contributed by atoms with Crippen LogP contribution in [-0.2, 0) is 0 Å². The van der Waals surface area contributed by atoms with Crippen LogP contribution in [0.4, 0.5) is 0 Å². The number of nitrogens with one attached hydrogen (secondary N) is 1. The fourth-order valence-electron chi connectivity index (χ4n) is 2.25. The summed E-state index contributed by atoms with van der Waals surface area (Å²) in [6.07, 6.45) is 1.78. The molecule has 0 saturated heterocycles. The zero-order valence-electron chi connectivity index (χ0n) is 10.5. The number of rotatable bonds is 2. The zero-order chi connectivity index (χ0) is 13.2. The number of pyridine rings is 1. The Kier molecular flexibility index (Phi) is 3.05. The largest absolute Gasteiger partial charge is 0.328 e. The van der Waals surface area contributed by atoms with E-state index in [0.717, 1.165) is 27.1 Å². The molecule has 2 nitrogen and oxygen atoms in total. The number of benzene rings is 1. The van der Waals surface area contributed by atoms with Crippen molar-refractivity contribution < 1.29 is 0 Å². The highest BCUT2D eigenvalue weighted by molar-refractivity contribution is 7.13. The van der Waals surface area contributed by atoms with E-state index >= 15 is 0 Å². The fraction of sp³-hybridized carbons (Fsp3) is 0.0625. The van der Waals surface area contributed by atoms with Gasteiger partial charge in [-0.3, -0.25) is 4.79 Å². The molecule has 1 N–H and O–H groups in total. The van der Waals surface area contributed by atoms with Crippen LogP contribution in [-0.4, -0.2) is 4.98 Å². The first-order valence-electron chi connectivity index (χ1n) is 6.09. The van der Waals surface area contributed by atoms with Crippen molar-refractivity contribution in [2.45, 2.75) is 6.92 Å². The minimum Gasteiger partial charge on any atom is -0.328 e. The molecule has 0 atom stereocenters. The van der Waals surface area contributed by atoms with Crippen molar-refractivity contribution in [3.63, 3.8) is 0 Å². The van der Waals surface area contributed by atoms with E-state index in [2.05, 4.69) is 11.1 Å². The minimum atomic E-state index is -0.0415. The number of aryl methyl sites for hydroxylation is 1. The van der Waals surface area contributed by atoms with Crippen molar-refractivity contribution in [3.8, 4) is 21.6 Å². The summed E-state index contributed by atoms with van der Waals surface area (Å²) < 4.78 is 0. The van der Waals surface area contributed by atoms with Gasteiger partial charge in [0.2, 0.25) is 0 Å². The van der Waals surface area contributed by atoms with Gasteiger partial charge in [0.1, 0.15) is 0 Å². The van der Waals surface area contributed by atoms with E-state index in [1.54, 1.807) is 17.5 Å². The molecule has 19 heavy (non-hydrogen) atoms. The van der Waals surface area contributed by atoms with Gasteiger partial charge in [0.15, 0.2) is 0 Å². The van der Waals surface area contributed by atoms with Gasteiger partial charge < -0.3 is 4.98 Å². The van der Waals surface area contributed by atoms with E-state index < -0.39 is 0 Å². The van der Waals surface area contributed by atoms with Crippen LogP contribution in [0.5, 0.6) is 0 Å². The summed E-state index contributed by atoms with van der Waals surface area (Å²) in [5.41, 5.74) is 3.78. The summed E-state index contributed by atoms with van der Waals surface area (Å²) in [5.74, 6) is 0. The van der Waals surface area contributed by atoms with E-state index in [0.29, 0.717) is 0 Å². The SMILES string of the molecule is Cc1c[nH]c(=O)c(-c2ccccc2)c1-c1cccs1. The maximum Gasteiger partial charge on any atom is 0.256 e. The second kappa shape index (κ2) is 4.86. The van der Waals surface area contributed by atoms with Gasteiger partial charge in [-0.1, -0.05) is 36.4 Å². The van der Waals surface area contributed by atoms with Gasteiger partial charge in [-0.15, -0.1) is 11.3 Å². The summed E-state index contributed by atoms with van der Waals surface area (Å²) in [4.78, 5) is 16.2. The third-order valence-electron chi connectivity index (χ3n) is 3.12. The third kappa shape index (κ3) is 2.13. The highest BCUT2D eigenvalue weighted by Crippen LogP contribution is 2.34. The van der Waals surface area contributed by atoms with E-state index in [1.807, 2.05) is 48.7 Å². The van der Waals surface area contributed by atoms with Crippen molar-refractivity contribution in [2.75, 3.05) is 0 Å². The van der Waals surface area contributed by atoms with Crippen molar-refractivity contribution in [1.82, 2.24) is 4.98 Å². The van der Waals surface area contributed by atoms with Crippen LogP contribution < -0.4 is 5.56 Å². The first-order chi connectivity index (χ1) is 9.27. The number of thiophene rings is 1. The highest BCUT2D eigenvalue weighted by atomic mass is 32.1. The lowest BCUT2D eigenvalue weighted by Gasteiger charge is -2.10. The number of aromatic nitrogens is 1. The van der Waals surface area contributed by atoms with Gasteiger partial charge in [-0.05, 0) is 29.5 Å². The Labute approximate surface area is 115 Å². The number of hydrogen-bond acceptors (Lipinski definition) is 2. The molecule has 2 aromatic heterocycles. The number of aromatic amines is 1. The lowest BCUT2D eigenvalue weighted by atomic mass is 9.97. The fourth-order valence-corrected chi connectivity index (χ4v) is 3.09. The molecular formula is C16H13NOS. The molecular weight excluding hydrogens is 254 g/mol. The van der Waals surface area contributed by atoms with Crippen LogP contribution in [0.3, 0.4) is 0 Å². The maximum absolute atomic E-state index is 12.2. The van der Waals surface area contributed by atoms with Gasteiger partial charge >= 0.3 is 0 Å². The Balaban J connectivity index is 2.36. The topological polar surface area (TPSA) is 32.9 Å². The Hall–Kier alpha value is -2.13. The second-order valence-corrected chi connectivity index (χ2v) is 5.34. The molecule has 0 fully saturated rings. The van der Waals surface area contributed by atoms with Crippen LogP contribution in [0.25, 0.3) is 21.6 Å². The molecule has 3 rings (SSSR count). The maximum atomic E-state index is 12.2. The average molecular weight is 267 g/mol. The molecule has 1 aromatic carbocycles. The first kappa shape index (κ1) is 11.9. The molecule has 0 radical (unpaired) electrons. The molecule has 0 unspecified atom stereocenters. The molecule has 0 bridgehead atoms. The summed E-state index contributed by atoms with van der Waals surface area (Å²) in [5, 5.41) is 2.03. The summed E-state index contributed by atoms with van der Waals surface area (Å²) in [7, 11) is 0. The smallest absolute Gasteiger partial charge is 0.256 e. The standard InChI is InChI=1S/C16H13NOS/c1-11-10-17-16(18)15(12-6-3-2-4-7-12)14(11)13-8-5-9-19-13/h2-10H,1H3,(H,17,18). The molecule has 0 spiro atoms. The monoisotopic (exact) mass is 267 g/mol. The first-order valence-corrected chi connectivity index (χ1v) is 6.97. The lowest BCUT2D eigenvalue weighted by Crippen LogP contribution is -2.10. The van der Waals surface area contributed by atoms with Crippen molar-refractivity contribution in [1.29, 1.82) is 0 Å². The third-order valence-corrected chi connectivity index (χ3v) is 4.01. The Bertz CT molecular complexity index is 742. The van der Waals surface area contributed by atoms with E-state index in [-0.39, 0.29) is 5.56 Å². The predicted octanol–water partition coefficient (Wildman–Crippen LogP) is 4.08. The molecule has 2 heterocycles. The molecule has 0 aliphatic heterocycles. The number of hydrogen-bond donors (Lipinski definition) is 1. The molecule has 0 aliphatic rings. The summed E-state index contributed by atoms with van der Waals surface area (Å²) in [6, 6.07) is 13.9. The van der Waals surface area contributed by atoms with Gasteiger partial charge in [0.05, 0.1) is 5.56 Å².